The second kappa shape index (κ2) is 15.7. The summed E-state index contributed by atoms with van der Waals surface area (Å²) >= 11 is 0. The van der Waals surface area contributed by atoms with Crippen LogP contribution in [-0.4, -0.2) is 0 Å². The molecule has 6 rings (SSSR count). The van der Waals surface area contributed by atoms with Gasteiger partial charge in [-0.25, -0.2) is 0 Å². The first-order valence-corrected chi connectivity index (χ1v) is 18.3. The number of hydrogen-bond donors (Lipinski definition) is 0. The van der Waals surface area contributed by atoms with Gasteiger partial charge in [0.15, 0.2) is 0 Å². The Balaban J connectivity index is 1.29. The minimum atomic E-state index is 1.11. The molecule has 0 radical (unpaired) electrons. The van der Waals surface area contributed by atoms with Gasteiger partial charge in [-0.3, -0.25) is 0 Å². The Morgan fingerprint density at radius 3 is 0.673 bits per heavy atom. The van der Waals surface area contributed by atoms with Gasteiger partial charge in [0.05, 0.1) is 0 Å². The second-order valence-corrected chi connectivity index (χ2v) is 14.4. The van der Waals surface area contributed by atoms with Crippen molar-refractivity contribution in [2.75, 3.05) is 4.90 Å². The summed E-state index contributed by atoms with van der Waals surface area (Å²) in [5, 5.41) is 0. The molecule has 0 bridgehead atoms. The minimum absolute atomic E-state index is 1.11. The molecule has 0 aromatic heterocycles. The van der Waals surface area contributed by atoms with Crippen molar-refractivity contribution in [3.8, 4) is 0 Å². The quantitative estimate of drug-likeness (QED) is 0.138. The van der Waals surface area contributed by atoms with Gasteiger partial charge in [-0.05, 0) is 182 Å². The maximum Gasteiger partial charge on any atom is 0.0462 e. The molecule has 1 nitrogen and oxygen atoms in total. The van der Waals surface area contributed by atoms with Crippen LogP contribution in [0.5, 0.6) is 0 Å². The van der Waals surface area contributed by atoms with Crippen LogP contribution in [0.4, 0.5) is 17.1 Å². The van der Waals surface area contributed by atoms with Crippen molar-refractivity contribution < 1.29 is 0 Å². The molecular formula is C51H51N. The van der Waals surface area contributed by atoms with E-state index in [2.05, 4.69) is 213 Å². The smallest absolute Gasteiger partial charge is 0.0462 e. The third-order valence-electron chi connectivity index (χ3n) is 10.7. The highest BCUT2D eigenvalue weighted by Gasteiger charge is 2.13. The zero-order chi connectivity index (χ0) is 36.9. The molecule has 6 aromatic rings. The van der Waals surface area contributed by atoms with Crippen molar-refractivity contribution in [3.63, 3.8) is 0 Å². The Kier molecular flexibility index (Phi) is 10.9. The standard InChI is InChI=1S/C51H51N/c1-34-28-46(29-35(2)40(34)7)13-10-43-16-22-49(23-17-43)52(50-24-18-44(19-25-50)11-14-47-30-36(3)41(8)37(4)31-47)51-26-20-45(21-27-51)12-15-48-32-38(5)42(9)39(6)33-48/h10-33H,1-9H3. The SMILES string of the molecule is Cc1cc(C=Cc2ccc(N(c3ccc(C=Cc4cc(C)c(C)c(C)c4)cc3)c3ccc(C=Cc4cc(C)c(C)c(C)c4)cc3)cc2)cc(C)c1C. The van der Waals surface area contributed by atoms with Crippen molar-refractivity contribution in [2.24, 2.45) is 0 Å². The molecule has 260 valence electrons. The highest BCUT2D eigenvalue weighted by Crippen LogP contribution is 2.35. The fourth-order valence-electron chi connectivity index (χ4n) is 6.72. The molecule has 0 fully saturated rings. The second-order valence-electron chi connectivity index (χ2n) is 14.4. The van der Waals surface area contributed by atoms with Gasteiger partial charge in [0, 0.05) is 17.1 Å². The summed E-state index contributed by atoms with van der Waals surface area (Å²) in [6, 6.07) is 40.1. The van der Waals surface area contributed by atoms with Crippen LogP contribution in [0.15, 0.2) is 109 Å². The molecule has 1 heteroatoms. The highest BCUT2D eigenvalue weighted by molar-refractivity contribution is 5.81. The molecule has 0 saturated heterocycles. The molecule has 0 aliphatic carbocycles. The Morgan fingerprint density at radius 2 is 0.462 bits per heavy atom. The van der Waals surface area contributed by atoms with E-state index in [0.717, 1.165) is 17.1 Å². The maximum atomic E-state index is 2.33. The summed E-state index contributed by atoms with van der Waals surface area (Å²) in [5.41, 5.74) is 22.6. The molecule has 6 aromatic carbocycles. The first kappa shape index (κ1) is 36.1. The molecule has 0 aliphatic rings. The Hall–Kier alpha value is -5.66. The predicted octanol–water partition coefficient (Wildman–Crippen LogP) is 14.4. The fraction of sp³-hybridized carbons (Fsp3) is 0.176. The lowest BCUT2D eigenvalue weighted by Crippen LogP contribution is -2.09. The normalized spacial score (nSPS) is 11.7. The first-order valence-electron chi connectivity index (χ1n) is 18.3. The van der Waals surface area contributed by atoms with Crippen LogP contribution < -0.4 is 4.90 Å². The summed E-state index contributed by atoms with van der Waals surface area (Å²) in [6.45, 7) is 19.7. The number of anilines is 3. The van der Waals surface area contributed by atoms with Crippen LogP contribution in [0.1, 0.15) is 83.5 Å². The minimum Gasteiger partial charge on any atom is -0.311 e. The fourth-order valence-corrected chi connectivity index (χ4v) is 6.72. The van der Waals surface area contributed by atoms with Crippen LogP contribution in [0.3, 0.4) is 0 Å². The molecule has 0 N–H and O–H groups in total. The summed E-state index contributed by atoms with van der Waals surface area (Å²) < 4.78 is 0. The summed E-state index contributed by atoms with van der Waals surface area (Å²) in [7, 11) is 0. The largest absolute Gasteiger partial charge is 0.311 e. The molecule has 0 amide bonds. The van der Waals surface area contributed by atoms with E-state index in [1.54, 1.807) is 0 Å². The molecular weight excluding hydrogens is 627 g/mol. The Labute approximate surface area is 312 Å². The van der Waals surface area contributed by atoms with Gasteiger partial charge in [0.1, 0.15) is 0 Å². The molecule has 0 heterocycles. The van der Waals surface area contributed by atoms with Gasteiger partial charge in [0.2, 0.25) is 0 Å². The van der Waals surface area contributed by atoms with E-state index in [1.165, 1.54) is 83.5 Å². The number of hydrogen-bond acceptors (Lipinski definition) is 1. The van der Waals surface area contributed by atoms with Crippen molar-refractivity contribution in [1.29, 1.82) is 0 Å². The van der Waals surface area contributed by atoms with Gasteiger partial charge in [-0.1, -0.05) is 109 Å². The summed E-state index contributed by atoms with van der Waals surface area (Å²) in [5.74, 6) is 0. The van der Waals surface area contributed by atoms with E-state index < -0.39 is 0 Å². The van der Waals surface area contributed by atoms with Gasteiger partial charge in [-0.15, -0.1) is 0 Å². The number of benzene rings is 6. The highest BCUT2D eigenvalue weighted by atomic mass is 15.1. The van der Waals surface area contributed by atoms with Crippen LogP contribution in [0.2, 0.25) is 0 Å². The van der Waals surface area contributed by atoms with E-state index in [-0.39, 0.29) is 0 Å². The third-order valence-corrected chi connectivity index (χ3v) is 10.7. The summed E-state index contributed by atoms with van der Waals surface area (Å²) in [4.78, 5) is 2.33. The number of nitrogens with zero attached hydrogens (tertiary/aromatic N) is 1. The molecule has 0 unspecified atom stereocenters. The molecule has 0 atom stereocenters. The van der Waals surface area contributed by atoms with E-state index in [4.69, 9.17) is 0 Å². The van der Waals surface area contributed by atoms with Gasteiger partial charge in [-0.2, -0.15) is 0 Å². The summed E-state index contributed by atoms with van der Waals surface area (Å²) in [6.07, 6.45) is 13.2. The van der Waals surface area contributed by atoms with Crippen LogP contribution in [-0.2, 0) is 0 Å². The van der Waals surface area contributed by atoms with Crippen molar-refractivity contribution in [3.05, 3.63) is 193 Å². The lowest BCUT2D eigenvalue weighted by atomic mass is 10.00. The van der Waals surface area contributed by atoms with Gasteiger partial charge < -0.3 is 4.90 Å². The lowest BCUT2D eigenvalue weighted by Gasteiger charge is -2.26. The van der Waals surface area contributed by atoms with Crippen molar-refractivity contribution >= 4 is 53.5 Å². The number of rotatable bonds is 9. The Morgan fingerprint density at radius 1 is 0.269 bits per heavy atom. The zero-order valence-corrected chi connectivity index (χ0v) is 32.3. The molecule has 0 aliphatic heterocycles. The number of aryl methyl sites for hydroxylation is 6. The maximum absolute atomic E-state index is 2.33. The van der Waals surface area contributed by atoms with Gasteiger partial charge >= 0.3 is 0 Å². The van der Waals surface area contributed by atoms with E-state index in [9.17, 15) is 0 Å². The van der Waals surface area contributed by atoms with Crippen LogP contribution in [0.25, 0.3) is 36.5 Å². The van der Waals surface area contributed by atoms with E-state index in [1.807, 2.05) is 0 Å². The first-order chi connectivity index (χ1) is 24.9. The lowest BCUT2D eigenvalue weighted by molar-refractivity contribution is 1.26. The van der Waals surface area contributed by atoms with E-state index in [0.29, 0.717) is 0 Å². The van der Waals surface area contributed by atoms with Gasteiger partial charge in [0.25, 0.3) is 0 Å². The van der Waals surface area contributed by atoms with Crippen molar-refractivity contribution in [2.45, 2.75) is 62.3 Å². The topological polar surface area (TPSA) is 3.24 Å². The third kappa shape index (κ3) is 8.44. The molecule has 0 spiro atoms. The molecule has 0 saturated carbocycles. The Bertz CT molecular complexity index is 1960. The average Bonchev–Trinajstić information content (AvgIpc) is 3.14. The zero-order valence-electron chi connectivity index (χ0n) is 32.3. The van der Waals surface area contributed by atoms with E-state index >= 15 is 0 Å². The molecule has 52 heavy (non-hydrogen) atoms. The van der Waals surface area contributed by atoms with Crippen molar-refractivity contribution in [1.82, 2.24) is 0 Å². The monoisotopic (exact) mass is 677 g/mol. The average molecular weight is 678 g/mol. The van der Waals surface area contributed by atoms with Crippen LogP contribution in [0, 0.1) is 62.3 Å². The predicted molar refractivity (Wildman–Crippen MR) is 230 cm³/mol. The van der Waals surface area contributed by atoms with Crippen LogP contribution >= 0.6 is 0 Å².